The molecule has 0 amide bonds. The van der Waals surface area contributed by atoms with Crippen molar-refractivity contribution in [2.45, 2.75) is 13.0 Å². The molecule has 16 heavy (non-hydrogen) atoms. The number of hydrogen-bond donors (Lipinski definition) is 0. The third kappa shape index (κ3) is 1.48. The van der Waals surface area contributed by atoms with Gasteiger partial charge in [-0.05, 0) is 0 Å². The van der Waals surface area contributed by atoms with Crippen LogP contribution < -0.4 is 0 Å². The highest BCUT2D eigenvalue weighted by atomic mass is 35.5. The SMILES string of the molecule is Clc1c2c(nn1-c1cnccn1)CCOC2. The second-order valence-corrected chi connectivity index (χ2v) is 3.85. The molecule has 3 rings (SSSR count). The Morgan fingerprint density at radius 1 is 1.38 bits per heavy atom. The van der Waals surface area contributed by atoms with Crippen LogP contribution in [0.1, 0.15) is 11.3 Å². The molecule has 1 aliphatic heterocycles. The van der Waals surface area contributed by atoms with Gasteiger partial charge in [0.15, 0.2) is 5.82 Å². The minimum atomic E-state index is 0.522. The van der Waals surface area contributed by atoms with Crippen molar-refractivity contribution in [3.8, 4) is 5.82 Å². The average molecular weight is 237 g/mol. The van der Waals surface area contributed by atoms with Crippen LogP contribution in [-0.2, 0) is 17.8 Å². The van der Waals surface area contributed by atoms with Crippen molar-refractivity contribution in [3.63, 3.8) is 0 Å². The van der Waals surface area contributed by atoms with E-state index in [-0.39, 0.29) is 0 Å². The predicted molar refractivity (Wildman–Crippen MR) is 57.5 cm³/mol. The summed E-state index contributed by atoms with van der Waals surface area (Å²) in [5.74, 6) is 0.627. The van der Waals surface area contributed by atoms with Gasteiger partial charge in [0, 0.05) is 24.4 Å². The Morgan fingerprint density at radius 2 is 2.31 bits per heavy atom. The highest BCUT2D eigenvalue weighted by molar-refractivity contribution is 6.30. The maximum atomic E-state index is 6.23. The van der Waals surface area contributed by atoms with Crippen molar-refractivity contribution < 1.29 is 4.74 Å². The van der Waals surface area contributed by atoms with Crippen LogP contribution in [0.25, 0.3) is 5.82 Å². The van der Waals surface area contributed by atoms with E-state index in [2.05, 4.69) is 15.1 Å². The van der Waals surface area contributed by atoms with Gasteiger partial charge in [-0.2, -0.15) is 5.10 Å². The maximum absolute atomic E-state index is 6.23. The molecule has 0 unspecified atom stereocenters. The topological polar surface area (TPSA) is 52.8 Å². The normalized spacial score (nSPS) is 14.8. The minimum Gasteiger partial charge on any atom is -0.376 e. The van der Waals surface area contributed by atoms with Crippen molar-refractivity contribution in [2.75, 3.05) is 6.61 Å². The van der Waals surface area contributed by atoms with E-state index in [0.717, 1.165) is 17.7 Å². The molecular weight excluding hydrogens is 228 g/mol. The number of hydrogen-bond acceptors (Lipinski definition) is 4. The molecule has 0 N–H and O–H groups in total. The Hall–Kier alpha value is -1.46. The second-order valence-electron chi connectivity index (χ2n) is 3.49. The van der Waals surface area contributed by atoms with Gasteiger partial charge in [-0.3, -0.25) is 4.98 Å². The van der Waals surface area contributed by atoms with E-state index in [1.807, 2.05) is 0 Å². The summed E-state index contributed by atoms with van der Waals surface area (Å²) in [5.41, 5.74) is 1.94. The molecule has 1 aliphatic rings. The van der Waals surface area contributed by atoms with Crippen LogP contribution in [0.2, 0.25) is 5.15 Å². The molecule has 3 heterocycles. The van der Waals surface area contributed by atoms with Crippen LogP contribution in [0.5, 0.6) is 0 Å². The van der Waals surface area contributed by atoms with Crippen molar-refractivity contribution in [1.82, 2.24) is 19.7 Å². The molecule has 0 fully saturated rings. The molecule has 0 saturated heterocycles. The van der Waals surface area contributed by atoms with Gasteiger partial charge in [0.1, 0.15) is 5.15 Å². The van der Waals surface area contributed by atoms with E-state index < -0.39 is 0 Å². The van der Waals surface area contributed by atoms with E-state index in [9.17, 15) is 0 Å². The molecule has 0 radical (unpaired) electrons. The third-order valence-electron chi connectivity index (χ3n) is 2.50. The Labute approximate surface area is 97.0 Å². The smallest absolute Gasteiger partial charge is 0.173 e. The molecule has 0 aromatic carbocycles. The molecule has 0 aliphatic carbocycles. The van der Waals surface area contributed by atoms with Gasteiger partial charge in [-0.1, -0.05) is 11.6 Å². The van der Waals surface area contributed by atoms with E-state index in [4.69, 9.17) is 16.3 Å². The van der Waals surface area contributed by atoms with Gasteiger partial charge in [0.2, 0.25) is 0 Å². The number of fused-ring (bicyclic) bond motifs is 1. The Balaban J connectivity index is 2.12. The van der Waals surface area contributed by atoms with Crippen molar-refractivity contribution in [3.05, 3.63) is 35.0 Å². The highest BCUT2D eigenvalue weighted by Gasteiger charge is 2.20. The quantitative estimate of drug-likeness (QED) is 0.751. The third-order valence-corrected chi connectivity index (χ3v) is 2.89. The zero-order chi connectivity index (χ0) is 11.0. The molecule has 6 heteroatoms. The van der Waals surface area contributed by atoms with Gasteiger partial charge in [-0.15, -0.1) is 0 Å². The van der Waals surface area contributed by atoms with Crippen molar-refractivity contribution in [1.29, 1.82) is 0 Å². The highest BCUT2D eigenvalue weighted by Crippen LogP contribution is 2.26. The summed E-state index contributed by atoms with van der Waals surface area (Å²) in [6.45, 7) is 1.22. The largest absolute Gasteiger partial charge is 0.376 e. The first kappa shape index (κ1) is 9.74. The Kier molecular flexibility index (Phi) is 2.34. The van der Waals surface area contributed by atoms with Crippen LogP contribution in [-0.4, -0.2) is 26.4 Å². The van der Waals surface area contributed by atoms with Gasteiger partial charge < -0.3 is 4.74 Å². The summed E-state index contributed by atoms with van der Waals surface area (Å²) in [6, 6.07) is 0. The summed E-state index contributed by atoms with van der Waals surface area (Å²) >= 11 is 6.23. The number of aromatic nitrogens is 4. The summed E-state index contributed by atoms with van der Waals surface area (Å²) in [5, 5.41) is 4.99. The predicted octanol–water partition coefficient (Wildman–Crippen LogP) is 1.39. The molecule has 0 spiro atoms. The van der Waals surface area contributed by atoms with E-state index in [1.54, 1.807) is 23.3 Å². The number of rotatable bonds is 1. The number of nitrogens with zero attached hydrogens (tertiary/aromatic N) is 4. The summed E-state index contributed by atoms with van der Waals surface area (Å²) < 4.78 is 6.96. The van der Waals surface area contributed by atoms with Gasteiger partial charge in [0.05, 0.1) is 25.1 Å². The lowest BCUT2D eigenvalue weighted by molar-refractivity contribution is 0.110. The lowest BCUT2D eigenvalue weighted by atomic mass is 10.2. The first-order chi connectivity index (χ1) is 7.86. The van der Waals surface area contributed by atoms with E-state index in [0.29, 0.717) is 24.2 Å². The number of halogens is 1. The molecule has 2 aromatic heterocycles. The van der Waals surface area contributed by atoms with Crippen LogP contribution >= 0.6 is 11.6 Å². The van der Waals surface area contributed by atoms with Crippen molar-refractivity contribution in [2.24, 2.45) is 0 Å². The van der Waals surface area contributed by atoms with Gasteiger partial charge in [-0.25, -0.2) is 9.67 Å². The zero-order valence-electron chi connectivity index (χ0n) is 8.43. The fourth-order valence-corrected chi connectivity index (χ4v) is 2.00. The Morgan fingerprint density at radius 3 is 3.06 bits per heavy atom. The molecule has 0 saturated carbocycles. The average Bonchev–Trinajstić information content (AvgIpc) is 2.69. The molecular formula is C10H9ClN4O. The lowest BCUT2D eigenvalue weighted by Gasteiger charge is -2.09. The fourth-order valence-electron chi connectivity index (χ4n) is 1.71. The molecule has 5 nitrogen and oxygen atoms in total. The fraction of sp³-hybridized carbons (Fsp3) is 0.300. The molecule has 2 aromatic rings. The minimum absolute atomic E-state index is 0.522. The first-order valence-corrected chi connectivity index (χ1v) is 5.34. The first-order valence-electron chi connectivity index (χ1n) is 4.96. The van der Waals surface area contributed by atoms with Crippen LogP contribution in [0, 0.1) is 0 Å². The van der Waals surface area contributed by atoms with Crippen LogP contribution in [0.15, 0.2) is 18.6 Å². The molecule has 0 atom stereocenters. The van der Waals surface area contributed by atoms with Crippen LogP contribution in [0.4, 0.5) is 0 Å². The molecule has 0 bridgehead atoms. The van der Waals surface area contributed by atoms with Crippen LogP contribution in [0.3, 0.4) is 0 Å². The summed E-state index contributed by atoms with van der Waals surface area (Å²) in [7, 11) is 0. The standard InChI is InChI=1S/C10H9ClN4O/c11-10-7-6-16-4-1-8(7)14-15(10)9-5-12-2-3-13-9/h2-3,5H,1,4,6H2. The number of ether oxygens (including phenoxy) is 1. The lowest BCUT2D eigenvalue weighted by Crippen LogP contribution is -2.08. The van der Waals surface area contributed by atoms with E-state index >= 15 is 0 Å². The summed E-state index contributed by atoms with van der Waals surface area (Å²) in [4.78, 5) is 8.16. The monoisotopic (exact) mass is 236 g/mol. The van der Waals surface area contributed by atoms with Gasteiger partial charge in [0.25, 0.3) is 0 Å². The zero-order valence-corrected chi connectivity index (χ0v) is 9.18. The Bertz CT molecular complexity index is 511. The summed E-state index contributed by atoms with van der Waals surface area (Å²) in [6.07, 6.45) is 5.65. The maximum Gasteiger partial charge on any atom is 0.173 e. The second kappa shape index (κ2) is 3.84. The molecule has 82 valence electrons. The van der Waals surface area contributed by atoms with E-state index in [1.165, 1.54) is 0 Å². The van der Waals surface area contributed by atoms with Crippen molar-refractivity contribution >= 4 is 11.6 Å². The van der Waals surface area contributed by atoms with Gasteiger partial charge >= 0.3 is 0 Å².